The van der Waals surface area contributed by atoms with Gasteiger partial charge in [-0.3, -0.25) is 0 Å². The molecule has 110 valence electrons. The fraction of sp³-hybridized carbons (Fsp3) is 0.786. The van der Waals surface area contributed by atoms with Gasteiger partial charge in [-0.25, -0.2) is 4.98 Å². The molecule has 0 spiro atoms. The summed E-state index contributed by atoms with van der Waals surface area (Å²) in [5.41, 5.74) is 1.24. The molecule has 0 aliphatic carbocycles. The van der Waals surface area contributed by atoms with Crippen LogP contribution in [-0.4, -0.2) is 50.2 Å². The maximum Gasteiger partial charge on any atom is 0.186 e. The average molecular weight is 284 g/mol. The summed E-state index contributed by atoms with van der Waals surface area (Å²) in [4.78, 5) is 10.8. The summed E-state index contributed by atoms with van der Waals surface area (Å²) in [5, 5.41) is 4.40. The normalized spacial score (nSPS) is 13.0. The summed E-state index contributed by atoms with van der Waals surface area (Å²) < 4.78 is 0. The van der Waals surface area contributed by atoms with Crippen molar-refractivity contribution in [3.05, 3.63) is 10.6 Å². The molecule has 1 unspecified atom stereocenters. The Balaban J connectivity index is 2.91. The molecule has 0 saturated carbocycles. The van der Waals surface area contributed by atoms with E-state index in [9.17, 15) is 0 Å². The lowest BCUT2D eigenvalue weighted by Crippen LogP contribution is -2.40. The first-order valence-electron chi connectivity index (χ1n) is 7.07. The molecule has 0 amide bonds. The number of thiazole rings is 1. The zero-order chi connectivity index (χ0) is 14.4. The minimum atomic E-state index is 0.485. The van der Waals surface area contributed by atoms with Crippen LogP contribution < -0.4 is 10.2 Å². The van der Waals surface area contributed by atoms with Crippen LogP contribution in [0.1, 0.15) is 31.3 Å². The van der Waals surface area contributed by atoms with Gasteiger partial charge in [0.15, 0.2) is 5.13 Å². The van der Waals surface area contributed by atoms with E-state index in [0.29, 0.717) is 6.04 Å². The molecule has 1 heterocycles. The molecule has 1 aromatic rings. The summed E-state index contributed by atoms with van der Waals surface area (Å²) in [6.07, 6.45) is 1.01. The van der Waals surface area contributed by atoms with Crippen molar-refractivity contribution in [3.63, 3.8) is 0 Å². The Kier molecular flexibility index (Phi) is 6.75. The zero-order valence-corrected chi connectivity index (χ0v) is 14.0. The van der Waals surface area contributed by atoms with Crippen LogP contribution >= 0.6 is 11.3 Å². The highest BCUT2D eigenvalue weighted by molar-refractivity contribution is 7.15. The Labute approximate surface area is 121 Å². The molecule has 0 fully saturated rings. The lowest BCUT2D eigenvalue weighted by Gasteiger charge is -2.29. The molecule has 0 radical (unpaired) electrons. The molecule has 4 nitrogen and oxygen atoms in total. The predicted octanol–water partition coefficient (Wildman–Crippen LogP) is 2.20. The van der Waals surface area contributed by atoms with Gasteiger partial charge in [-0.05, 0) is 41.4 Å². The van der Waals surface area contributed by atoms with Gasteiger partial charge in [0.2, 0.25) is 0 Å². The van der Waals surface area contributed by atoms with Gasteiger partial charge in [0.25, 0.3) is 0 Å². The molecule has 0 bridgehead atoms. The highest BCUT2D eigenvalue weighted by Crippen LogP contribution is 2.28. The maximum atomic E-state index is 4.83. The first-order chi connectivity index (χ1) is 9.03. The van der Waals surface area contributed by atoms with Gasteiger partial charge in [-0.15, -0.1) is 11.3 Å². The molecule has 0 saturated heterocycles. The van der Waals surface area contributed by atoms with E-state index >= 15 is 0 Å². The van der Waals surface area contributed by atoms with Gasteiger partial charge in [0.1, 0.15) is 0 Å². The van der Waals surface area contributed by atoms with Crippen molar-refractivity contribution in [2.45, 2.75) is 39.8 Å². The van der Waals surface area contributed by atoms with Crippen molar-refractivity contribution >= 4 is 16.5 Å². The van der Waals surface area contributed by atoms with E-state index in [-0.39, 0.29) is 0 Å². The lowest BCUT2D eigenvalue weighted by atomic mass is 10.3. The molecule has 0 aliphatic heterocycles. The Hall–Kier alpha value is -0.650. The summed E-state index contributed by atoms with van der Waals surface area (Å²) >= 11 is 1.83. The highest BCUT2D eigenvalue weighted by atomic mass is 32.1. The molecule has 1 aromatic heterocycles. The molecule has 19 heavy (non-hydrogen) atoms. The summed E-state index contributed by atoms with van der Waals surface area (Å²) in [5.74, 6) is 0. The third kappa shape index (κ3) is 4.44. The van der Waals surface area contributed by atoms with E-state index < -0.39 is 0 Å². The lowest BCUT2D eigenvalue weighted by molar-refractivity contribution is 0.373. The number of hydrogen-bond acceptors (Lipinski definition) is 5. The van der Waals surface area contributed by atoms with E-state index in [2.05, 4.69) is 50.0 Å². The Morgan fingerprint density at radius 2 is 2.00 bits per heavy atom. The van der Waals surface area contributed by atoms with Gasteiger partial charge in [-0.2, -0.15) is 0 Å². The van der Waals surface area contributed by atoms with Crippen LogP contribution in [0.2, 0.25) is 0 Å². The molecular formula is C14H28N4S. The monoisotopic (exact) mass is 284 g/mol. The Morgan fingerprint density at radius 3 is 2.47 bits per heavy atom. The number of likely N-dealkylation sites (N-methyl/N-ethyl adjacent to an activating group) is 2. The van der Waals surface area contributed by atoms with Crippen molar-refractivity contribution < 1.29 is 0 Å². The number of aromatic nitrogens is 1. The van der Waals surface area contributed by atoms with Crippen LogP contribution in [-0.2, 0) is 13.0 Å². The van der Waals surface area contributed by atoms with Crippen LogP contribution in [0.4, 0.5) is 5.13 Å². The quantitative estimate of drug-likeness (QED) is 0.793. The zero-order valence-electron chi connectivity index (χ0n) is 13.2. The molecule has 1 atom stereocenters. The minimum Gasteiger partial charge on any atom is -0.344 e. The van der Waals surface area contributed by atoms with Crippen LogP contribution in [0.3, 0.4) is 0 Å². The molecular weight excluding hydrogens is 256 g/mol. The average Bonchev–Trinajstić information content (AvgIpc) is 2.72. The number of anilines is 1. The first kappa shape index (κ1) is 16.4. The van der Waals surface area contributed by atoms with Crippen LogP contribution in [0.5, 0.6) is 0 Å². The van der Waals surface area contributed by atoms with E-state index in [1.54, 1.807) is 0 Å². The molecule has 0 aliphatic rings. The van der Waals surface area contributed by atoms with Crippen molar-refractivity contribution in [1.29, 1.82) is 0 Å². The first-order valence-corrected chi connectivity index (χ1v) is 7.89. The van der Waals surface area contributed by atoms with E-state index in [1.165, 1.54) is 15.7 Å². The molecule has 1 rings (SSSR count). The van der Waals surface area contributed by atoms with Crippen molar-refractivity contribution in [3.8, 4) is 0 Å². The van der Waals surface area contributed by atoms with Gasteiger partial charge in [-0.1, -0.05) is 6.92 Å². The smallest absolute Gasteiger partial charge is 0.186 e. The van der Waals surface area contributed by atoms with Crippen LogP contribution in [0.25, 0.3) is 0 Å². The number of nitrogens with one attached hydrogen (secondary N) is 1. The fourth-order valence-electron chi connectivity index (χ4n) is 2.33. The second-order valence-corrected chi connectivity index (χ2v) is 6.21. The predicted molar refractivity (Wildman–Crippen MR) is 85.3 cm³/mol. The number of aryl methyl sites for hydroxylation is 1. The summed E-state index contributed by atoms with van der Waals surface area (Å²) in [6.45, 7) is 9.63. The summed E-state index contributed by atoms with van der Waals surface area (Å²) in [7, 11) is 6.23. The fourth-order valence-corrected chi connectivity index (χ4v) is 3.66. The third-order valence-electron chi connectivity index (χ3n) is 3.19. The van der Waals surface area contributed by atoms with Crippen LogP contribution in [0, 0.1) is 0 Å². The largest absolute Gasteiger partial charge is 0.344 e. The van der Waals surface area contributed by atoms with Crippen molar-refractivity contribution in [2.75, 3.05) is 39.1 Å². The molecule has 0 aromatic carbocycles. The SMILES string of the molecule is CCc1nc(N(CC)C(C)CN(C)C)sc1CNC. The van der Waals surface area contributed by atoms with Gasteiger partial charge < -0.3 is 15.1 Å². The Bertz CT molecular complexity index is 376. The topological polar surface area (TPSA) is 31.4 Å². The molecule has 1 N–H and O–H groups in total. The Morgan fingerprint density at radius 1 is 1.32 bits per heavy atom. The standard InChI is InChI=1S/C14H28N4S/c1-7-12-13(9-15-4)19-14(16-12)18(8-2)11(3)10-17(5)6/h11,15H,7-10H2,1-6H3. The third-order valence-corrected chi connectivity index (χ3v) is 4.32. The van der Waals surface area contributed by atoms with Gasteiger partial charge >= 0.3 is 0 Å². The van der Waals surface area contributed by atoms with Crippen molar-refractivity contribution in [2.24, 2.45) is 0 Å². The van der Waals surface area contributed by atoms with E-state index in [0.717, 1.165) is 26.1 Å². The number of rotatable bonds is 8. The second-order valence-electron chi connectivity index (χ2n) is 5.15. The van der Waals surface area contributed by atoms with E-state index in [4.69, 9.17) is 4.98 Å². The second kappa shape index (κ2) is 7.82. The maximum absolute atomic E-state index is 4.83. The summed E-state index contributed by atoms with van der Waals surface area (Å²) in [6, 6.07) is 0.485. The van der Waals surface area contributed by atoms with Crippen LogP contribution in [0.15, 0.2) is 0 Å². The van der Waals surface area contributed by atoms with Gasteiger partial charge in [0.05, 0.1) is 5.69 Å². The highest BCUT2D eigenvalue weighted by Gasteiger charge is 2.19. The van der Waals surface area contributed by atoms with Gasteiger partial charge in [0, 0.05) is 30.6 Å². The minimum absolute atomic E-state index is 0.485. The number of nitrogens with zero attached hydrogens (tertiary/aromatic N) is 3. The van der Waals surface area contributed by atoms with Crippen molar-refractivity contribution in [1.82, 2.24) is 15.2 Å². The molecule has 5 heteroatoms. The number of hydrogen-bond donors (Lipinski definition) is 1. The van der Waals surface area contributed by atoms with E-state index in [1.807, 2.05) is 18.4 Å².